The van der Waals surface area contributed by atoms with Gasteiger partial charge in [-0.2, -0.15) is 0 Å². The van der Waals surface area contributed by atoms with Crippen molar-refractivity contribution in [1.82, 2.24) is 14.5 Å². The molecule has 0 saturated carbocycles. The lowest BCUT2D eigenvalue weighted by Crippen LogP contribution is -2.33. The molecule has 1 heterocycles. The van der Waals surface area contributed by atoms with Gasteiger partial charge < -0.3 is 9.47 Å². The van der Waals surface area contributed by atoms with Gasteiger partial charge in [-0.05, 0) is 43.2 Å². The van der Waals surface area contributed by atoms with Gasteiger partial charge in [0.25, 0.3) is 5.91 Å². The number of nitrogens with zero attached hydrogens (tertiary/aromatic N) is 3. The third kappa shape index (κ3) is 4.21. The molecule has 1 aromatic heterocycles. The number of unbranched alkanes of at least 4 members (excludes halogenated alkanes) is 1. The maximum Gasteiger partial charge on any atom is 0.257 e. The summed E-state index contributed by atoms with van der Waals surface area (Å²) in [7, 11) is 0. The Balaban J connectivity index is 1.97. The maximum atomic E-state index is 14.2. The summed E-state index contributed by atoms with van der Waals surface area (Å²) in [5.41, 5.74) is 1.46. The topological polar surface area (TPSA) is 38.1 Å². The first-order chi connectivity index (χ1) is 13.5. The zero-order valence-corrected chi connectivity index (χ0v) is 16.3. The van der Waals surface area contributed by atoms with Crippen LogP contribution >= 0.6 is 0 Å². The summed E-state index contributed by atoms with van der Waals surface area (Å²) in [4.78, 5) is 19.3. The molecular formula is C22H25F2N3O. The number of aryl methyl sites for hydroxylation is 1. The molecule has 0 bridgehead atoms. The molecule has 3 rings (SSSR count). The predicted molar refractivity (Wildman–Crippen MR) is 106 cm³/mol. The third-order valence-electron chi connectivity index (χ3n) is 4.74. The number of benzene rings is 2. The van der Waals surface area contributed by atoms with Crippen molar-refractivity contribution in [2.24, 2.45) is 0 Å². The third-order valence-corrected chi connectivity index (χ3v) is 4.74. The van der Waals surface area contributed by atoms with E-state index in [1.165, 1.54) is 24.3 Å². The van der Waals surface area contributed by atoms with Crippen molar-refractivity contribution in [3.63, 3.8) is 0 Å². The molecule has 0 N–H and O–H groups in total. The normalized spacial score (nSPS) is 11.1. The average molecular weight is 385 g/mol. The van der Waals surface area contributed by atoms with E-state index in [0.717, 1.165) is 19.3 Å². The fraction of sp³-hybridized carbons (Fsp3) is 0.364. The molecule has 0 spiro atoms. The van der Waals surface area contributed by atoms with Gasteiger partial charge in [0.15, 0.2) is 0 Å². The Morgan fingerprint density at radius 1 is 1.11 bits per heavy atom. The zero-order valence-electron chi connectivity index (χ0n) is 16.3. The zero-order chi connectivity index (χ0) is 20.1. The van der Waals surface area contributed by atoms with Crippen molar-refractivity contribution in [2.45, 2.75) is 46.2 Å². The number of rotatable bonds is 8. The molecule has 0 aliphatic rings. The highest BCUT2D eigenvalue weighted by Gasteiger charge is 2.22. The smallest absolute Gasteiger partial charge is 0.257 e. The van der Waals surface area contributed by atoms with Crippen LogP contribution in [0.15, 0.2) is 42.5 Å². The number of hydrogen-bond donors (Lipinski definition) is 0. The van der Waals surface area contributed by atoms with E-state index in [9.17, 15) is 13.6 Å². The Morgan fingerprint density at radius 3 is 2.61 bits per heavy atom. The standard InChI is InChI=1S/C22H25F2N3O/c1-3-5-13-26(22(28)17-8-6-7-9-18(17)24)15-21-25-19-11-10-16(23)14-20(19)27(21)12-4-2/h6-11,14H,3-5,12-13,15H2,1-2H3. The fourth-order valence-electron chi connectivity index (χ4n) is 3.32. The van der Waals surface area contributed by atoms with Crippen molar-refractivity contribution in [3.8, 4) is 0 Å². The van der Waals surface area contributed by atoms with Gasteiger partial charge in [0, 0.05) is 13.1 Å². The number of carbonyl (C=O) groups excluding carboxylic acids is 1. The van der Waals surface area contributed by atoms with Gasteiger partial charge in [0.05, 0.1) is 23.1 Å². The van der Waals surface area contributed by atoms with Gasteiger partial charge in [-0.1, -0.05) is 32.4 Å². The summed E-state index contributed by atoms with van der Waals surface area (Å²) in [5, 5.41) is 0. The summed E-state index contributed by atoms with van der Waals surface area (Å²) in [6.07, 6.45) is 2.58. The van der Waals surface area contributed by atoms with Gasteiger partial charge in [-0.3, -0.25) is 4.79 Å². The van der Waals surface area contributed by atoms with E-state index in [1.54, 1.807) is 23.1 Å². The molecule has 0 fully saturated rings. The minimum absolute atomic E-state index is 0.0581. The van der Waals surface area contributed by atoms with Crippen LogP contribution < -0.4 is 0 Å². The number of fused-ring (bicyclic) bond motifs is 1. The molecule has 28 heavy (non-hydrogen) atoms. The molecule has 4 nitrogen and oxygen atoms in total. The van der Waals surface area contributed by atoms with Crippen molar-refractivity contribution in [1.29, 1.82) is 0 Å². The highest BCUT2D eigenvalue weighted by molar-refractivity contribution is 5.94. The Labute approximate surface area is 163 Å². The Morgan fingerprint density at radius 2 is 1.89 bits per heavy atom. The Hall–Kier alpha value is -2.76. The summed E-state index contributed by atoms with van der Waals surface area (Å²) in [6.45, 7) is 5.51. The first-order valence-corrected chi connectivity index (χ1v) is 9.73. The number of carbonyl (C=O) groups is 1. The van der Waals surface area contributed by atoms with E-state index >= 15 is 0 Å². The number of aromatic nitrogens is 2. The predicted octanol–water partition coefficient (Wildman–Crippen LogP) is 5.17. The fourth-order valence-corrected chi connectivity index (χ4v) is 3.32. The largest absolute Gasteiger partial charge is 0.331 e. The van der Waals surface area contributed by atoms with Crippen LogP contribution in [0.2, 0.25) is 0 Å². The molecule has 0 saturated heterocycles. The van der Waals surface area contributed by atoms with Crippen LogP contribution in [0.4, 0.5) is 8.78 Å². The van der Waals surface area contributed by atoms with E-state index in [-0.39, 0.29) is 23.8 Å². The number of amides is 1. The molecule has 0 atom stereocenters. The Bertz CT molecular complexity index is 968. The van der Waals surface area contributed by atoms with Crippen LogP contribution in [0.5, 0.6) is 0 Å². The van der Waals surface area contributed by atoms with Crippen molar-refractivity contribution in [3.05, 3.63) is 65.5 Å². The number of halogens is 2. The highest BCUT2D eigenvalue weighted by atomic mass is 19.1. The van der Waals surface area contributed by atoms with Crippen LogP contribution in [0.25, 0.3) is 11.0 Å². The summed E-state index contributed by atoms with van der Waals surface area (Å²) >= 11 is 0. The molecule has 3 aromatic rings. The van der Waals surface area contributed by atoms with Crippen LogP contribution in [0.1, 0.15) is 49.3 Å². The second-order valence-corrected chi connectivity index (χ2v) is 6.87. The number of imidazole rings is 1. The minimum atomic E-state index is -0.530. The first kappa shape index (κ1) is 20.0. The lowest BCUT2D eigenvalue weighted by molar-refractivity contribution is 0.0730. The second-order valence-electron chi connectivity index (χ2n) is 6.87. The molecule has 1 amide bonds. The van der Waals surface area contributed by atoms with Crippen LogP contribution in [0.3, 0.4) is 0 Å². The highest BCUT2D eigenvalue weighted by Crippen LogP contribution is 2.21. The van der Waals surface area contributed by atoms with Gasteiger partial charge in [-0.15, -0.1) is 0 Å². The van der Waals surface area contributed by atoms with E-state index in [0.29, 0.717) is 29.9 Å². The average Bonchev–Trinajstić information content (AvgIpc) is 3.02. The van der Waals surface area contributed by atoms with Crippen LogP contribution in [-0.2, 0) is 13.1 Å². The maximum absolute atomic E-state index is 14.2. The van der Waals surface area contributed by atoms with Crippen LogP contribution in [-0.4, -0.2) is 26.9 Å². The molecular weight excluding hydrogens is 360 g/mol. The van der Waals surface area contributed by atoms with Gasteiger partial charge in [-0.25, -0.2) is 13.8 Å². The molecule has 0 aliphatic carbocycles. The van der Waals surface area contributed by atoms with Crippen LogP contribution in [0, 0.1) is 11.6 Å². The summed E-state index contributed by atoms with van der Waals surface area (Å²) < 4.78 is 29.9. The second kappa shape index (κ2) is 8.95. The first-order valence-electron chi connectivity index (χ1n) is 9.73. The molecule has 6 heteroatoms. The molecule has 0 aliphatic heterocycles. The van der Waals surface area contributed by atoms with E-state index in [2.05, 4.69) is 4.98 Å². The monoisotopic (exact) mass is 385 g/mol. The lowest BCUT2D eigenvalue weighted by atomic mass is 10.1. The Kier molecular flexibility index (Phi) is 6.39. The van der Waals surface area contributed by atoms with Gasteiger partial charge in [0.1, 0.15) is 17.5 Å². The molecule has 0 unspecified atom stereocenters. The van der Waals surface area contributed by atoms with Crippen molar-refractivity contribution in [2.75, 3.05) is 6.54 Å². The number of hydrogen-bond acceptors (Lipinski definition) is 2. The molecule has 148 valence electrons. The molecule has 2 aromatic carbocycles. The van der Waals surface area contributed by atoms with Gasteiger partial charge >= 0.3 is 0 Å². The van der Waals surface area contributed by atoms with E-state index in [1.807, 2.05) is 18.4 Å². The van der Waals surface area contributed by atoms with Crippen molar-refractivity contribution >= 4 is 16.9 Å². The molecule has 0 radical (unpaired) electrons. The SMILES string of the molecule is CCCCN(Cc1nc2ccc(F)cc2n1CCC)C(=O)c1ccccc1F. The minimum Gasteiger partial charge on any atom is -0.331 e. The van der Waals surface area contributed by atoms with Gasteiger partial charge in [0.2, 0.25) is 0 Å². The lowest BCUT2D eigenvalue weighted by Gasteiger charge is -2.23. The van der Waals surface area contributed by atoms with Crippen molar-refractivity contribution < 1.29 is 13.6 Å². The summed E-state index contributed by atoms with van der Waals surface area (Å²) in [6, 6.07) is 10.5. The quantitative estimate of drug-likeness (QED) is 0.537. The summed E-state index contributed by atoms with van der Waals surface area (Å²) in [5.74, 6) is -0.518. The van der Waals surface area contributed by atoms with E-state index in [4.69, 9.17) is 0 Å². The van der Waals surface area contributed by atoms with E-state index < -0.39 is 5.82 Å².